The van der Waals surface area contributed by atoms with Crippen LogP contribution in [0.5, 0.6) is 0 Å². The van der Waals surface area contributed by atoms with Crippen LogP contribution in [0.25, 0.3) is 0 Å². The molecule has 1 aliphatic heterocycles. The summed E-state index contributed by atoms with van der Waals surface area (Å²) in [5.74, 6) is -1.83. The number of aromatic nitrogens is 1. The quantitative estimate of drug-likeness (QED) is 0.767. The second-order valence-electron chi connectivity index (χ2n) is 5.86. The second-order valence-corrected chi connectivity index (χ2v) is 6.27. The molecule has 0 unspecified atom stereocenters. The van der Waals surface area contributed by atoms with Crippen molar-refractivity contribution in [2.75, 3.05) is 19.6 Å². The molecule has 1 N–H and O–H groups in total. The van der Waals surface area contributed by atoms with Crippen molar-refractivity contribution in [3.05, 3.63) is 64.2 Å². The number of carbonyl (C=O) groups excluding carboxylic acids is 1. The normalized spacial score (nSPS) is 26.6. The lowest BCUT2D eigenvalue weighted by Crippen LogP contribution is -2.48. The Morgan fingerprint density at radius 1 is 1.39 bits per heavy atom. The number of hydrogen-bond donors (Lipinski definition) is 1. The molecule has 3 rings (SSSR count). The van der Waals surface area contributed by atoms with Crippen molar-refractivity contribution in [2.24, 2.45) is 0 Å². The van der Waals surface area contributed by atoms with Crippen LogP contribution in [0, 0.1) is 5.82 Å². The van der Waals surface area contributed by atoms with Crippen molar-refractivity contribution in [3.63, 3.8) is 0 Å². The number of nitrogens with one attached hydrogen (secondary N) is 1. The number of rotatable bonds is 6. The van der Waals surface area contributed by atoms with Crippen molar-refractivity contribution in [3.8, 4) is 0 Å². The van der Waals surface area contributed by atoms with Gasteiger partial charge >= 0.3 is 0 Å². The molecule has 1 amide bonds. The number of nitrogens with zero attached hydrogens (tertiary/aromatic N) is 2. The Labute approximate surface area is 183 Å². The van der Waals surface area contributed by atoms with Crippen molar-refractivity contribution in [1.82, 2.24) is 15.2 Å². The fourth-order valence-corrected chi connectivity index (χ4v) is 2.55. The summed E-state index contributed by atoms with van der Waals surface area (Å²) in [6.07, 6.45) is -7.58. The van der Waals surface area contributed by atoms with Gasteiger partial charge in [0.05, 0.1) is 10.7 Å². The average molecular weight is 418 g/mol. The molecule has 2 aromatic rings. The predicted molar refractivity (Wildman–Crippen MR) is 106 cm³/mol. The van der Waals surface area contributed by atoms with Crippen LogP contribution >= 0.6 is 11.6 Å². The summed E-state index contributed by atoms with van der Waals surface area (Å²) in [7, 11) is 0. The monoisotopic (exact) mass is 417 g/mol. The van der Waals surface area contributed by atoms with Gasteiger partial charge in [-0.2, -0.15) is 0 Å². The van der Waals surface area contributed by atoms with E-state index in [4.69, 9.17) is 25.3 Å². The van der Waals surface area contributed by atoms with Crippen LogP contribution in [-0.2, 0) is 12.9 Å². The summed E-state index contributed by atoms with van der Waals surface area (Å²) in [4.78, 5) is 17.3. The van der Waals surface area contributed by atoms with E-state index in [9.17, 15) is 9.18 Å². The SMILES string of the molecule is [2H]C([2H])(C)c1ccc(C([2H])([2H])NC([2H])([2H])C2(F)C([2H])([2H])CN(C(=O)c3ccc(F)c(Cl)c3)CC2([2H])[2H])nc1. The summed E-state index contributed by atoms with van der Waals surface area (Å²) in [6.45, 7) is -7.63. The van der Waals surface area contributed by atoms with Gasteiger partial charge in [-0.25, -0.2) is 8.78 Å². The molecular formula is C21H24ClF2N3O. The molecule has 4 nitrogen and oxygen atoms in total. The molecule has 1 saturated heterocycles. The third kappa shape index (κ3) is 5.06. The van der Waals surface area contributed by atoms with Crippen LogP contribution in [0.2, 0.25) is 5.02 Å². The topological polar surface area (TPSA) is 45.2 Å². The maximum atomic E-state index is 16.5. The summed E-state index contributed by atoms with van der Waals surface area (Å²) < 4.78 is 111. The van der Waals surface area contributed by atoms with E-state index >= 15 is 4.39 Å². The Kier molecular flexibility index (Phi) is 3.59. The van der Waals surface area contributed by atoms with Gasteiger partial charge in [0.2, 0.25) is 0 Å². The van der Waals surface area contributed by atoms with Gasteiger partial charge in [0, 0.05) is 64.3 Å². The van der Waals surface area contributed by atoms with Crippen LogP contribution < -0.4 is 5.32 Å². The Bertz CT molecular complexity index is 1210. The molecular weight excluding hydrogens is 384 g/mol. The van der Waals surface area contributed by atoms with Crippen LogP contribution in [0.3, 0.4) is 0 Å². The third-order valence-electron chi connectivity index (χ3n) is 3.96. The van der Waals surface area contributed by atoms with Gasteiger partial charge in [-0.1, -0.05) is 24.6 Å². The standard InChI is InChI=1S/C21H24ClF2N3O/c1-2-15-3-5-17(26-12-15)13-25-14-21(24)7-9-27(10-8-21)20(28)16-4-6-19(23)18(22)11-16/h3-6,11-12,25H,2,7-10,13-14H2,1H3/i2D2,7D2,8D2,13D2,14D2. The number of carbonyl (C=O) groups is 1. The molecule has 0 saturated carbocycles. The minimum absolute atomic E-state index is 0.0918. The number of halogens is 3. The van der Waals surface area contributed by atoms with E-state index in [-0.39, 0.29) is 11.1 Å². The van der Waals surface area contributed by atoms with Gasteiger partial charge in [-0.05, 0) is 36.2 Å². The van der Waals surface area contributed by atoms with Crippen LogP contribution in [0.1, 0.15) is 55.0 Å². The number of piperidine rings is 1. The minimum atomic E-state index is -4.03. The first-order chi connectivity index (χ1) is 17.1. The Hall–Kier alpha value is -2.05. The zero-order valence-corrected chi connectivity index (χ0v) is 15.6. The molecule has 0 bridgehead atoms. The zero-order valence-electron chi connectivity index (χ0n) is 24.8. The molecule has 0 aliphatic carbocycles. The summed E-state index contributed by atoms with van der Waals surface area (Å²) in [5.41, 5.74) is -4.65. The van der Waals surface area contributed by atoms with E-state index in [0.29, 0.717) is 4.90 Å². The fourth-order valence-electron chi connectivity index (χ4n) is 2.37. The molecule has 1 aromatic heterocycles. The summed E-state index contributed by atoms with van der Waals surface area (Å²) >= 11 is 5.69. The van der Waals surface area contributed by atoms with Gasteiger partial charge in [0.25, 0.3) is 5.91 Å². The molecule has 1 fully saturated rings. The van der Waals surface area contributed by atoms with Crippen LogP contribution in [0.15, 0.2) is 36.5 Å². The molecule has 28 heavy (non-hydrogen) atoms. The minimum Gasteiger partial charge on any atom is -0.338 e. The molecule has 2 heterocycles. The molecule has 0 radical (unpaired) electrons. The number of aryl methyl sites for hydroxylation is 1. The van der Waals surface area contributed by atoms with Crippen molar-refractivity contribution >= 4 is 17.5 Å². The number of benzene rings is 1. The summed E-state index contributed by atoms with van der Waals surface area (Å²) in [5, 5.41) is 1.29. The maximum Gasteiger partial charge on any atom is 0.253 e. The van der Waals surface area contributed by atoms with E-state index in [1.165, 1.54) is 13.0 Å². The van der Waals surface area contributed by atoms with Gasteiger partial charge in [-0.3, -0.25) is 9.78 Å². The van der Waals surface area contributed by atoms with Gasteiger partial charge in [-0.15, -0.1) is 0 Å². The number of alkyl halides is 1. The number of amides is 1. The lowest BCUT2D eigenvalue weighted by Gasteiger charge is -2.36. The largest absolute Gasteiger partial charge is 0.338 e. The number of likely N-dealkylation sites (tertiary alicyclic amines) is 1. The Morgan fingerprint density at radius 3 is 2.75 bits per heavy atom. The lowest BCUT2D eigenvalue weighted by molar-refractivity contribution is 0.0434. The molecule has 7 heteroatoms. The fraction of sp³-hybridized carbons (Fsp3) is 0.429. The van der Waals surface area contributed by atoms with Gasteiger partial charge in [0.15, 0.2) is 0 Å². The Balaban J connectivity index is 1.93. The van der Waals surface area contributed by atoms with Crippen LogP contribution in [0.4, 0.5) is 8.78 Å². The number of hydrogen-bond acceptors (Lipinski definition) is 3. The molecule has 1 aromatic carbocycles. The van der Waals surface area contributed by atoms with E-state index < -0.39 is 73.3 Å². The highest BCUT2D eigenvalue weighted by Gasteiger charge is 2.35. The maximum absolute atomic E-state index is 16.5. The van der Waals surface area contributed by atoms with Crippen LogP contribution in [-0.4, -0.2) is 41.0 Å². The first-order valence-corrected chi connectivity index (χ1v) is 8.63. The lowest BCUT2D eigenvalue weighted by atomic mass is 9.92. The van der Waals surface area contributed by atoms with Crippen molar-refractivity contribution in [1.29, 1.82) is 0 Å². The second kappa shape index (κ2) is 8.97. The molecule has 0 atom stereocenters. The van der Waals surface area contributed by atoms with E-state index in [0.717, 1.165) is 30.5 Å². The first kappa shape index (κ1) is 11.2. The van der Waals surface area contributed by atoms with E-state index in [2.05, 4.69) is 4.98 Å². The van der Waals surface area contributed by atoms with Crippen molar-refractivity contribution < 1.29 is 27.3 Å². The highest BCUT2D eigenvalue weighted by molar-refractivity contribution is 6.31. The number of pyridine rings is 1. The van der Waals surface area contributed by atoms with Crippen molar-refractivity contribution in [2.45, 2.75) is 38.2 Å². The average Bonchev–Trinajstić information content (AvgIpc) is 2.76. The molecule has 0 spiro atoms. The zero-order chi connectivity index (χ0) is 29.1. The molecule has 150 valence electrons. The highest BCUT2D eigenvalue weighted by Crippen LogP contribution is 2.27. The van der Waals surface area contributed by atoms with Gasteiger partial charge in [0.1, 0.15) is 11.5 Å². The summed E-state index contributed by atoms with van der Waals surface area (Å²) in [6, 6.07) is 5.10. The Morgan fingerprint density at radius 2 is 2.14 bits per heavy atom. The van der Waals surface area contributed by atoms with E-state index in [1.807, 2.05) is 0 Å². The first-order valence-electron chi connectivity index (χ1n) is 13.3. The smallest absolute Gasteiger partial charge is 0.253 e. The van der Waals surface area contributed by atoms with Gasteiger partial charge < -0.3 is 10.2 Å². The predicted octanol–water partition coefficient (Wildman–Crippen LogP) is 4.17. The van der Waals surface area contributed by atoms with E-state index in [1.54, 1.807) is 5.32 Å². The molecule has 1 aliphatic rings. The third-order valence-corrected chi connectivity index (χ3v) is 4.25. The highest BCUT2D eigenvalue weighted by atomic mass is 35.5.